The number of aliphatic imine (C=N–C) groups is 1. The first-order valence-electron chi connectivity index (χ1n) is 6.88. The molecule has 7 heteroatoms. The van der Waals surface area contributed by atoms with Gasteiger partial charge >= 0.3 is 0 Å². The summed E-state index contributed by atoms with van der Waals surface area (Å²) in [4.78, 5) is 12.9. The molecule has 7 nitrogen and oxygen atoms in total. The summed E-state index contributed by atoms with van der Waals surface area (Å²) in [7, 11) is 0. The van der Waals surface area contributed by atoms with Gasteiger partial charge in [-0.3, -0.25) is 0 Å². The van der Waals surface area contributed by atoms with E-state index in [0.717, 1.165) is 5.39 Å². The summed E-state index contributed by atoms with van der Waals surface area (Å²) in [6, 6.07) is 11.7. The first-order chi connectivity index (χ1) is 11.0. The molecule has 3 aromatic rings. The van der Waals surface area contributed by atoms with Crippen LogP contribution in [0.1, 0.15) is 11.4 Å². The van der Waals surface area contributed by atoms with Crippen LogP contribution in [0.15, 0.2) is 47.5 Å². The fraction of sp³-hybridized carbons (Fsp3) is 0.0625. The number of aromatic hydroxyl groups is 2. The highest BCUT2D eigenvalue weighted by Gasteiger charge is 2.09. The van der Waals surface area contributed by atoms with Crippen molar-refractivity contribution < 1.29 is 10.2 Å². The molecule has 0 bridgehead atoms. The minimum Gasteiger partial charge on any atom is -0.508 e. The van der Waals surface area contributed by atoms with Gasteiger partial charge in [-0.05, 0) is 29.8 Å². The van der Waals surface area contributed by atoms with Crippen LogP contribution in [0, 0.1) is 0 Å². The fourth-order valence-electron chi connectivity index (χ4n) is 2.33. The Morgan fingerprint density at radius 1 is 1.00 bits per heavy atom. The lowest BCUT2D eigenvalue weighted by molar-refractivity contribution is 0.449. The van der Waals surface area contributed by atoms with E-state index in [4.69, 9.17) is 11.5 Å². The van der Waals surface area contributed by atoms with Crippen LogP contribution in [0.3, 0.4) is 0 Å². The van der Waals surface area contributed by atoms with E-state index in [9.17, 15) is 10.2 Å². The number of hydrogen-bond donors (Lipinski definition) is 4. The van der Waals surface area contributed by atoms with Crippen LogP contribution < -0.4 is 11.5 Å². The maximum atomic E-state index is 9.56. The second-order valence-corrected chi connectivity index (χ2v) is 5.05. The van der Waals surface area contributed by atoms with Crippen molar-refractivity contribution >= 4 is 22.7 Å². The standard InChI is InChI=1S/C16H15N5O2/c17-16(18)21-15-12-3-1-2-4-13(12)19-14(20-15)7-9-5-10(22)8-11(23)6-9/h1-6,8,22-23H,7H2,(H4,17,18,19,20,21). The van der Waals surface area contributed by atoms with Crippen LogP contribution in [0.4, 0.5) is 5.82 Å². The maximum absolute atomic E-state index is 9.56. The smallest absolute Gasteiger partial charge is 0.192 e. The second kappa shape index (κ2) is 5.80. The summed E-state index contributed by atoms with van der Waals surface area (Å²) in [6.45, 7) is 0. The van der Waals surface area contributed by atoms with E-state index in [1.807, 2.05) is 24.3 Å². The quantitative estimate of drug-likeness (QED) is 0.429. The predicted molar refractivity (Wildman–Crippen MR) is 87.6 cm³/mol. The third-order valence-electron chi connectivity index (χ3n) is 3.19. The van der Waals surface area contributed by atoms with Crippen LogP contribution in [-0.2, 0) is 6.42 Å². The van der Waals surface area contributed by atoms with E-state index >= 15 is 0 Å². The average molecular weight is 309 g/mol. The van der Waals surface area contributed by atoms with Gasteiger partial charge in [0.05, 0.1) is 5.52 Å². The van der Waals surface area contributed by atoms with Crippen molar-refractivity contribution in [2.45, 2.75) is 6.42 Å². The third kappa shape index (κ3) is 3.29. The Bertz CT molecular complexity index is 884. The maximum Gasteiger partial charge on any atom is 0.192 e. The number of phenols is 2. The number of phenolic OH excluding ortho intramolecular Hbond substituents is 2. The van der Waals surface area contributed by atoms with Crippen LogP contribution in [0.5, 0.6) is 11.5 Å². The van der Waals surface area contributed by atoms with Gasteiger partial charge in [-0.25, -0.2) is 9.97 Å². The zero-order chi connectivity index (χ0) is 16.4. The first kappa shape index (κ1) is 14.6. The number of aromatic nitrogens is 2. The zero-order valence-electron chi connectivity index (χ0n) is 12.1. The monoisotopic (exact) mass is 309 g/mol. The lowest BCUT2D eigenvalue weighted by Gasteiger charge is -2.07. The van der Waals surface area contributed by atoms with Crippen LogP contribution in [0.25, 0.3) is 10.9 Å². The molecule has 0 fully saturated rings. The molecule has 0 aliphatic rings. The summed E-state index contributed by atoms with van der Waals surface area (Å²) in [6.07, 6.45) is 0.319. The SMILES string of the molecule is NC(N)=Nc1nc(Cc2cc(O)cc(O)c2)nc2ccccc12. The van der Waals surface area contributed by atoms with Crippen molar-refractivity contribution in [1.29, 1.82) is 0 Å². The molecule has 6 N–H and O–H groups in total. The Morgan fingerprint density at radius 3 is 2.39 bits per heavy atom. The summed E-state index contributed by atoms with van der Waals surface area (Å²) in [5, 5.41) is 19.9. The molecule has 0 radical (unpaired) electrons. The Morgan fingerprint density at radius 2 is 1.70 bits per heavy atom. The van der Waals surface area contributed by atoms with Gasteiger partial charge in [-0.1, -0.05) is 12.1 Å². The van der Waals surface area contributed by atoms with Crippen molar-refractivity contribution in [3.8, 4) is 11.5 Å². The average Bonchev–Trinajstić information content (AvgIpc) is 2.45. The molecular weight excluding hydrogens is 294 g/mol. The molecule has 3 rings (SSSR count). The van der Waals surface area contributed by atoms with E-state index < -0.39 is 0 Å². The van der Waals surface area contributed by atoms with E-state index in [0.29, 0.717) is 29.1 Å². The van der Waals surface area contributed by atoms with Gasteiger partial charge in [0.2, 0.25) is 0 Å². The third-order valence-corrected chi connectivity index (χ3v) is 3.19. The van der Waals surface area contributed by atoms with E-state index in [1.54, 1.807) is 12.1 Å². The van der Waals surface area contributed by atoms with Crippen molar-refractivity contribution in [3.05, 3.63) is 53.9 Å². The first-order valence-corrected chi connectivity index (χ1v) is 6.88. The number of benzene rings is 2. The molecule has 1 heterocycles. The Hall–Kier alpha value is -3.35. The Labute approximate surface area is 132 Å². The number of guanidine groups is 1. The fourth-order valence-corrected chi connectivity index (χ4v) is 2.33. The molecule has 0 saturated heterocycles. The van der Waals surface area contributed by atoms with Crippen LogP contribution >= 0.6 is 0 Å². The highest BCUT2D eigenvalue weighted by molar-refractivity contribution is 5.91. The molecule has 0 saturated carbocycles. The molecular formula is C16H15N5O2. The van der Waals surface area contributed by atoms with E-state index in [2.05, 4.69) is 15.0 Å². The lowest BCUT2D eigenvalue weighted by Crippen LogP contribution is -2.22. The van der Waals surface area contributed by atoms with Gasteiger partial charge in [0, 0.05) is 17.9 Å². The van der Waals surface area contributed by atoms with E-state index in [1.165, 1.54) is 6.07 Å². The number of para-hydroxylation sites is 1. The Kier molecular flexibility index (Phi) is 3.68. The van der Waals surface area contributed by atoms with Gasteiger partial charge in [0.1, 0.15) is 17.3 Å². The largest absolute Gasteiger partial charge is 0.508 e. The van der Waals surface area contributed by atoms with Crippen molar-refractivity contribution in [2.24, 2.45) is 16.5 Å². The summed E-state index contributed by atoms with van der Waals surface area (Å²) in [5.41, 5.74) is 12.3. The molecule has 1 aromatic heterocycles. The molecule has 0 unspecified atom stereocenters. The highest BCUT2D eigenvalue weighted by Crippen LogP contribution is 2.25. The normalized spacial score (nSPS) is 10.6. The summed E-state index contributed by atoms with van der Waals surface area (Å²) >= 11 is 0. The number of rotatable bonds is 3. The summed E-state index contributed by atoms with van der Waals surface area (Å²) < 4.78 is 0. The van der Waals surface area contributed by atoms with Gasteiger partial charge in [0.15, 0.2) is 11.8 Å². The molecule has 0 spiro atoms. The number of nitrogens with zero attached hydrogens (tertiary/aromatic N) is 3. The molecule has 0 atom stereocenters. The highest BCUT2D eigenvalue weighted by atomic mass is 16.3. The van der Waals surface area contributed by atoms with Gasteiger partial charge in [0.25, 0.3) is 0 Å². The van der Waals surface area contributed by atoms with Crippen molar-refractivity contribution in [3.63, 3.8) is 0 Å². The van der Waals surface area contributed by atoms with E-state index in [-0.39, 0.29) is 17.5 Å². The molecule has 2 aromatic carbocycles. The van der Waals surface area contributed by atoms with Crippen LogP contribution in [0.2, 0.25) is 0 Å². The number of fused-ring (bicyclic) bond motifs is 1. The predicted octanol–water partition coefficient (Wildman–Crippen LogP) is 1.54. The van der Waals surface area contributed by atoms with Crippen LogP contribution in [-0.4, -0.2) is 26.1 Å². The topological polar surface area (TPSA) is 131 Å². The molecule has 0 aliphatic carbocycles. The molecule has 23 heavy (non-hydrogen) atoms. The second-order valence-electron chi connectivity index (χ2n) is 5.05. The Balaban J connectivity index is 2.09. The minimum absolute atomic E-state index is 0.0229. The van der Waals surface area contributed by atoms with Gasteiger partial charge in [-0.2, -0.15) is 4.99 Å². The molecule has 0 aliphatic heterocycles. The van der Waals surface area contributed by atoms with Crippen molar-refractivity contribution in [1.82, 2.24) is 9.97 Å². The number of nitrogens with two attached hydrogens (primary N) is 2. The number of hydrogen-bond acceptors (Lipinski definition) is 5. The molecule has 0 amide bonds. The van der Waals surface area contributed by atoms with Crippen molar-refractivity contribution in [2.75, 3.05) is 0 Å². The molecule has 116 valence electrons. The minimum atomic E-state index is -0.0881. The summed E-state index contributed by atoms with van der Waals surface area (Å²) in [5.74, 6) is 0.731. The van der Waals surface area contributed by atoms with Gasteiger partial charge in [-0.15, -0.1) is 0 Å². The van der Waals surface area contributed by atoms with Gasteiger partial charge < -0.3 is 21.7 Å². The lowest BCUT2D eigenvalue weighted by atomic mass is 10.1. The zero-order valence-corrected chi connectivity index (χ0v) is 12.1.